The predicted octanol–water partition coefficient (Wildman–Crippen LogP) is 4.51. The van der Waals surface area contributed by atoms with Gasteiger partial charge in [-0.1, -0.05) is 30.3 Å². The minimum atomic E-state index is -0.270. The first kappa shape index (κ1) is 13.4. The van der Waals surface area contributed by atoms with E-state index >= 15 is 0 Å². The van der Waals surface area contributed by atoms with Crippen molar-refractivity contribution in [1.82, 2.24) is 0 Å². The molecule has 1 saturated heterocycles. The topological polar surface area (TPSA) is 29.3 Å². The Hall–Kier alpha value is -1.55. The van der Waals surface area contributed by atoms with Crippen LogP contribution in [-0.4, -0.2) is 6.54 Å². The monoisotopic (exact) mass is 334 g/mol. The Labute approximate surface area is 126 Å². The molecule has 2 aromatic carbocycles. The highest BCUT2D eigenvalue weighted by atomic mass is 79.9. The minimum Gasteiger partial charge on any atom is -0.397 e. The van der Waals surface area contributed by atoms with E-state index in [0.717, 1.165) is 25.1 Å². The normalized spacial score (nSPS) is 18.5. The number of halogens is 2. The fourth-order valence-corrected chi connectivity index (χ4v) is 3.24. The summed E-state index contributed by atoms with van der Waals surface area (Å²) in [5, 5.41) is 0. The summed E-state index contributed by atoms with van der Waals surface area (Å²) in [5.41, 5.74) is 8.73. The molecule has 1 atom stereocenters. The van der Waals surface area contributed by atoms with E-state index in [9.17, 15) is 4.39 Å². The van der Waals surface area contributed by atoms with Crippen molar-refractivity contribution in [3.63, 3.8) is 0 Å². The van der Waals surface area contributed by atoms with Crippen LogP contribution in [-0.2, 0) is 0 Å². The quantitative estimate of drug-likeness (QED) is 0.818. The van der Waals surface area contributed by atoms with Gasteiger partial charge in [0.05, 0.1) is 21.9 Å². The van der Waals surface area contributed by atoms with Gasteiger partial charge in [-0.2, -0.15) is 0 Å². The number of nitrogen functional groups attached to an aromatic ring is 1. The van der Waals surface area contributed by atoms with E-state index in [1.807, 2.05) is 18.2 Å². The second kappa shape index (κ2) is 5.44. The molecular formula is C16H16BrFN2. The van der Waals surface area contributed by atoms with Gasteiger partial charge in [-0.25, -0.2) is 4.39 Å². The Morgan fingerprint density at radius 1 is 1.20 bits per heavy atom. The maximum Gasteiger partial charge on any atom is 0.139 e. The molecule has 1 heterocycles. The molecule has 0 spiro atoms. The van der Waals surface area contributed by atoms with Crippen LogP contribution in [0, 0.1) is 5.82 Å². The smallest absolute Gasteiger partial charge is 0.139 e. The first-order valence-electron chi connectivity index (χ1n) is 6.73. The lowest BCUT2D eigenvalue weighted by atomic mass is 10.0. The number of nitrogens with two attached hydrogens (primary N) is 1. The first-order chi connectivity index (χ1) is 9.66. The third-order valence-electron chi connectivity index (χ3n) is 3.82. The molecule has 0 amide bonds. The zero-order valence-corrected chi connectivity index (χ0v) is 12.6. The molecule has 1 aliphatic heterocycles. The molecule has 1 aliphatic rings. The maximum atomic E-state index is 13.8. The Kier molecular flexibility index (Phi) is 3.66. The summed E-state index contributed by atoms with van der Waals surface area (Å²) in [4.78, 5) is 2.21. The van der Waals surface area contributed by atoms with E-state index in [-0.39, 0.29) is 11.9 Å². The molecule has 3 rings (SSSR count). The zero-order chi connectivity index (χ0) is 14.1. The van der Waals surface area contributed by atoms with Gasteiger partial charge in [0.2, 0.25) is 0 Å². The molecule has 1 fully saturated rings. The average Bonchev–Trinajstić information content (AvgIpc) is 2.93. The van der Waals surface area contributed by atoms with E-state index in [1.54, 1.807) is 6.07 Å². The first-order valence-corrected chi connectivity index (χ1v) is 7.52. The van der Waals surface area contributed by atoms with Crippen LogP contribution in [0.1, 0.15) is 24.4 Å². The fourth-order valence-electron chi connectivity index (χ4n) is 2.88. The fraction of sp³-hybridized carbons (Fsp3) is 0.250. The van der Waals surface area contributed by atoms with Crippen molar-refractivity contribution >= 4 is 27.3 Å². The number of rotatable bonds is 2. The van der Waals surface area contributed by atoms with Crippen LogP contribution >= 0.6 is 15.9 Å². The highest BCUT2D eigenvalue weighted by Crippen LogP contribution is 2.40. The molecule has 0 aromatic heterocycles. The summed E-state index contributed by atoms with van der Waals surface area (Å²) in [6.45, 7) is 0.908. The second-order valence-electron chi connectivity index (χ2n) is 5.09. The van der Waals surface area contributed by atoms with Gasteiger partial charge in [-0.3, -0.25) is 0 Å². The van der Waals surface area contributed by atoms with Gasteiger partial charge in [-0.05, 0) is 40.4 Å². The third-order valence-corrected chi connectivity index (χ3v) is 4.42. The highest BCUT2D eigenvalue weighted by Gasteiger charge is 2.27. The van der Waals surface area contributed by atoms with Crippen molar-refractivity contribution in [2.24, 2.45) is 0 Å². The van der Waals surface area contributed by atoms with Crippen LogP contribution in [0.15, 0.2) is 46.9 Å². The molecule has 4 heteroatoms. The molecule has 20 heavy (non-hydrogen) atoms. The Morgan fingerprint density at radius 3 is 2.70 bits per heavy atom. The second-order valence-corrected chi connectivity index (χ2v) is 5.94. The van der Waals surface area contributed by atoms with E-state index in [1.165, 1.54) is 11.6 Å². The van der Waals surface area contributed by atoms with Crippen LogP contribution in [0.2, 0.25) is 0 Å². The van der Waals surface area contributed by atoms with Crippen LogP contribution in [0.5, 0.6) is 0 Å². The molecule has 2 nitrogen and oxygen atoms in total. The summed E-state index contributed by atoms with van der Waals surface area (Å²) >= 11 is 3.18. The largest absolute Gasteiger partial charge is 0.397 e. The van der Waals surface area contributed by atoms with Gasteiger partial charge in [0, 0.05) is 12.6 Å². The Bertz CT molecular complexity index is 615. The van der Waals surface area contributed by atoms with Gasteiger partial charge in [0.1, 0.15) is 5.82 Å². The van der Waals surface area contributed by atoms with E-state index in [4.69, 9.17) is 5.73 Å². The summed E-state index contributed by atoms with van der Waals surface area (Å²) in [7, 11) is 0. The lowest BCUT2D eigenvalue weighted by Crippen LogP contribution is -2.23. The van der Waals surface area contributed by atoms with Crippen molar-refractivity contribution in [2.75, 3.05) is 17.2 Å². The maximum absolute atomic E-state index is 13.8. The van der Waals surface area contributed by atoms with Gasteiger partial charge in [-0.15, -0.1) is 0 Å². The van der Waals surface area contributed by atoms with Crippen LogP contribution in [0.25, 0.3) is 0 Å². The minimum absolute atomic E-state index is 0.270. The number of benzene rings is 2. The SMILES string of the molecule is Nc1cc(Br)c(F)cc1N1CCCC1c1ccccc1. The van der Waals surface area contributed by atoms with Crippen molar-refractivity contribution < 1.29 is 4.39 Å². The van der Waals surface area contributed by atoms with Gasteiger partial charge in [0.15, 0.2) is 0 Å². The summed E-state index contributed by atoms with van der Waals surface area (Å²) in [6, 6.07) is 13.8. The number of hydrogen-bond donors (Lipinski definition) is 1. The number of anilines is 2. The van der Waals surface area contributed by atoms with Crippen LogP contribution in [0.3, 0.4) is 0 Å². The van der Waals surface area contributed by atoms with Crippen LogP contribution < -0.4 is 10.6 Å². The van der Waals surface area contributed by atoms with E-state index < -0.39 is 0 Å². The number of hydrogen-bond acceptors (Lipinski definition) is 2. The van der Waals surface area contributed by atoms with Gasteiger partial charge < -0.3 is 10.6 Å². The zero-order valence-electron chi connectivity index (χ0n) is 11.0. The van der Waals surface area contributed by atoms with Crippen molar-refractivity contribution in [3.05, 3.63) is 58.3 Å². The summed E-state index contributed by atoms with van der Waals surface area (Å²) in [5.74, 6) is -0.270. The standard InChI is InChI=1S/C16H16BrFN2/c17-12-9-14(19)16(10-13(12)18)20-8-4-7-15(20)11-5-2-1-3-6-11/h1-3,5-6,9-10,15H,4,7-8,19H2. The van der Waals surface area contributed by atoms with Gasteiger partial charge in [0.25, 0.3) is 0 Å². The molecule has 2 N–H and O–H groups in total. The molecule has 0 bridgehead atoms. The molecule has 0 radical (unpaired) electrons. The molecule has 1 unspecified atom stereocenters. The van der Waals surface area contributed by atoms with E-state index in [2.05, 4.69) is 33.0 Å². The summed E-state index contributed by atoms with van der Waals surface area (Å²) in [6.07, 6.45) is 2.16. The molecule has 104 valence electrons. The van der Waals surface area contributed by atoms with Crippen LogP contribution in [0.4, 0.5) is 15.8 Å². The Morgan fingerprint density at radius 2 is 1.95 bits per heavy atom. The highest BCUT2D eigenvalue weighted by molar-refractivity contribution is 9.10. The summed E-state index contributed by atoms with van der Waals surface area (Å²) < 4.78 is 14.2. The lowest BCUT2D eigenvalue weighted by molar-refractivity contribution is 0.619. The third kappa shape index (κ3) is 2.40. The molecule has 0 aliphatic carbocycles. The predicted molar refractivity (Wildman–Crippen MR) is 84.3 cm³/mol. The molecular weight excluding hydrogens is 319 g/mol. The number of nitrogens with zero attached hydrogens (tertiary/aromatic N) is 1. The van der Waals surface area contributed by atoms with E-state index in [0.29, 0.717) is 10.2 Å². The molecule has 0 saturated carbocycles. The Balaban J connectivity index is 1.99. The average molecular weight is 335 g/mol. The van der Waals surface area contributed by atoms with Gasteiger partial charge >= 0.3 is 0 Å². The van der Waals surface area contributed by atoms with Crippen molar-refractivity contribution in [2.45, 2.75) is 18.9 Å². The van der Waals surface area contributed by atoms with Crippen molar-refractivity contribution in [3.8, 4) is 0 Å². The molecule has 2 aromatic rings. The lowest BCUT2D eigenvalue weighted by Gasteiger charge is -2.28. The van der Waals surface area contributed by atoms with Crippen molar-refractivity contribution in [1.29, 1.82) is 0 Å².